The average molecular weight is 422 g/mol. The smallest absolute Gasteiger partial charge is 0.195 e. The Balaban J connectivity index is 2.68. The van der Waals surface area contributed by atoms with E-state index in [-0.39, 0.29) is 29.5 Å². The van der Waals surface area contributed by atoms with Gasteiger partial charge in [0.05, 0.1) is 0 Å². The first-order valence-corrected chi connectivity index (χ1v) is 11.8. The first kappa shape index (κ1) is 25.3. The minimum absolute atomic E-state index is 0.218. The van der Waals surface area contributed by atoms with Gasteiger partial charge in [-0.1, -0.05) is 81.4 Å². The number of carbonyl (C=O) groups is 1. The molecule has 2 rings (SSSR count). The van der Waals surface area contributed by atoms with Crippen LogP contribution in [0.5, 0.6) is 0 Å². The maximum atomic E-state index is 13.6. The quantitative estimate of drug-likeness (QED) is 0.438. The Morgan fingerprint density at radius 2 is 1.10 bits per heavy atom. The van der Waals surface area contributed by atoms with Crippen molar-refractivity contribution in [2.45, 2.75) is 105 Å². The van der Waals surface area contributed by atoms with Gasteiger partial charge in [-0.05, 0) is 81.2 Å². The Hall–Kier alpha value is -1.93. The van der Waals surface area contributed by atoms with Crippen LogP contribution in [0.3, 0.4) is 0 Å². The molecule has 1 atom stereocenters. The number of rotatable bonds is 8. The van der Waals surface area contributed by atoms with E-state index in [4.69, 9.17) is 0 Å². The average Bonchev–Trinajstić information content (AvgIpc) is 2.70. The van der Waals surface area contributed by atoms with E-state index in [2.05, 4.69) is 87.4 Å². The number of benzene rings is 2. The Kier molecular flexibility index (Phi) is 8.27. The number of aliphatic hydroxyl groups is 1. The van der Waals surface area contributed by atoms with Crippen LogP contribution in [0.15, 0.2) is 24.3 Å². The molecule has 0 fully saturated rings. The summed E-state index contributed by atoms with van der Waals surface area (Å²) in [6.45, 7) is 21.4. The maximum Gasteiger partial charge on any atom is 0.195 e. The molecule has 1 radical (unpaired) electrons. The SMILES string of the molecule is CC(C)c1[c]c(C(C)C)cc(C(=O)C(O)c2c(C(C)C)cc(C(C)C)cc2C(C)C)c1. The number of ketones is 1. The van der Waals surface area contributed by atoms with Crippen LogP contribution in [0.2, 0.25) is 0 Å². The zero-order valence-electron chi connectivity index (χ0n) is 21.1. The highest BCUT2D eigenvalue weighted by molar-refractivity contribution is 6.00. The summed E-state index contributed by atoms with van der Waals surface area (Å²) >= 11 is 0. The van der Waals surface area contributed by atoms with E-state index in [0.29, 0.717) is 11.5 Å². The molecular formula is C29H41O2. The van der Waals surface area contributed by atoms with Crippen LogP contribution in [0.25, 0.3) is 0 Å². The second-order valence-electron chi connectivity index (χ2n) is 10.4. The maximum absolute atomic E-state index is 13.6. The van der Waals surface area contributed by atoms with Crippen molar-refractivity contribution in [1.29, 1.82) is 0 Å². The minimum Gasteiger partial charge on any atom is -0.380 e. The van der Waals surface area contributed by atoms with Crippen molar-refractivity contribution in [3.05, 3.63) is 69.3 Å². The minimum atomic E-state index is -1.17. The van der Waals surface area contributed by atoms with E-state index >= 15 is 0 Å². The monoisotopic (exact) mass is 421 g/mol. The molecule has 0 aromatic heterocycles. The molecule has 1 N–H and O–H groups in total. The van der Waals surface area contributed by atoms with Gasteiger partial charge in [-0.3, -0.25) is 4.79 Å². The van der Waals surface area contributed by atoms with E-state index in [1.54, 1.807) is 0 Å². The summed E-state index contributed by atoms with van der Waals surface area (Å²) in [4.78, 5) is 13.6. The van der Waals surface area contributed by atoms with Gasteiger partial charge in [0.2, 0.25) is 0 Å². The molecule has 169 valence electrons. The fraction of sp³-hybridized carbons (Fsp3) is 0.552. The summed E-state index contributed by atoms with van der Waals surface area (Å²) in [5, 5.41) is 11.4. The lowest BCUT2D eigenvalue weighted by Crippen LogP contribution is -2.19. The zero-order chi connectivity index (χ0) is 23.6. The second-order valence-corrected chi connectivity index (χ2v) is 10.4. The highest BCUT2D eigenvalue weighted by Gasteiger charge is 2.28. The molecule has 0 bridgehead atoms. The molecule has 2 nitrogen and oxygen atoms in total. The molecule has 0 amide bonds. The molecule has 0 aliphatic rings. The standard InChI is InChI=1S/C29H41O2/c1-16(2)21-11-22(17(3)4)13-24(12-21)28(30)29(31)27-25(19(7)8)14-23(18(5)6)15-26(27)20(9)10/h12-20,29,31H,1-10H3. The number of aliphatic hydroxyl groups excluding tert-OH is 1. The van der Waals surface area contributed by atoms with Gasteiger partial charge in [-0.15, -0.1) is 0 Å². The van der Waals surface area contributed by atoms with E-state index in [9.17, 15) is 9.90 Å². The Bertz CT molecular complexity index is 861. The lowest BCUT2D eigenvalue weighted by Gasteiger charge is -2.26. The summed E-state index contributed by atoms with van der Waals surface area (Å²) in [6, 6.07) is 11.7. The molecule has 31 heavy (non-hydrogen) atoms. The summed E-state index contributed by atoms with van der Waals surface area (Å²) < 4.78 is 0. The molecule has 2 aromatic carbocycles. The number of hydrogen-bond acceptors (Lipinski definition) is 2. The van der Waals surface area contributed by atoms with Gasteiger partial charge in [-0.25, -0.2) is 0 Å². The number of carbonyl (C=O) groups excluding carboxylic acids is 1. The Morgan fingerprint density at radius 1 is 0.677 bits per heavy atom. The fourth-order valence-electron chi connectivity index (χ4n) is 4.00. The van der Waals surface area contributed by atoms with Crippen LogP contribution in [0, 0.1) is 6.07 Å². The van der Waals surface area contributed by atoms with Crippen molar-refractivity contribution in [3.8, 4) is 0 Å². The van der Waals surface area contributed by atoms with Gasteiger partial charge < -0.3 is 5.11 Å². The third-order valence-electron chi connectivity index (χ3n) is 6.14. The molecule has 0 spiro atoms. The highest BCUT2D eigenvalue weighted by Crippen LogP contribution is 2.37. The molecule has 0 heterocycles. The molecule has 2 aromatic rings. The predicted octanol–water partition coefficient (Wildman–Crippen LogP) is 8.02. The first-order chi connectivity index (χ1) is 14.3. The Labute approximate surface area is 190 Å². The zero-order valence-corrected chi connectivity index (χ0v) is 21.1. The van der Waals surface area contributed by atoms with Crippen LogP contribution < -0.4 is 0 Å². The van der Waals surface area contributed by atoms with Gasteiger partial charge in [-0.2, -0.15) is 0 Å². The third-order valence-corrected chi connectivity index (χ3v) is 6.14. The van der Waals surface area contributed by atoms with Gasteiger partial charge in [0.25, 0.3) is 0 Å². The van der Waals surface area contributed by atoms with Crippen molar-refractivity contribution >= 4 is 5.78 Å². The van der Waals surface area contributed by atoms with E-state index in [1.165, 1.54) is 5.56 Å². The molecular weight excluding hydrogens is 380 g/mol. The summed E-state index contributed by atoms with van der Waals surface area (Å²) in [6.07, 6.45) is -1.17. The van der Waals surface area contributed by atoms with Crippen LogP contribution >= 0.6 is 0 Å². The predicted molar refractivity (Wildman–Crippen MR) is 131 cm³/mol. The first-order valence-electron chi connectivity index (χ1n) is 11.8. The van der Waals surface area contributed by atoms with Crippen LogP contribution in [0.1, 0.15) is 149 Å². The largest absolute Gasteiger partial charge is 0.380 e. The Morgan fingerprint density at radius 3 is 1.42 bits per heavy atom. The van der Waals surface area contributed by atoms with Gasteiger partial charge in [0.15, 0.2) is 5.78 Å². The van der Waals surface area contributed by atoms with Gasteiger partial charge in [0.1, 0.15) is 6.10 Å². The van der Waals surface area contributed by atoms with Crippen molar-refractivity contribution < 1.29 is 9.90 Å². The summed E-state index contributed by atoms with van der Waals surface area (Å²) in [5.41, 5.74) is 6.82. The molecule has 0 saturated carbocycles. The summed E-state index contributed by atoms with van der Waals surface area (Å²) in [7, 11) is 0. The van der Waals surface area contributed by atoms with Crippen molar-refractivity contribution in [1.82, 2.24) is 0 Å². The second kappa shape index (κ2) is 10.1. The molecule has 0 aliphatic heterocycles. The van der Waals surface area contributed by atoms with E-state index in [0.717, 1.165) is 27.8 Å². The van der Waals surface area contributed by atoms with Crippen LogP contribution in [-0.2, 0) is 0 Å². The third kappa shape index (κ3) is 5.66. The summed E-state index contributed by atoms with van der Waals surface area (Å²) in [5.74, 6) is 1.14. The van der Waals surface area contributed by atoms with E-state index < -0.39 is 6.10 Å². The highest BCUT2D eigenvalue weighted by atomic mass is 16.3. The lowest BCUT2D eigenvalue weighted by molar-refractivity contribution is 0.0743. The van der Waals surface area contributed by atoms with Gasteiger partial charge in [0, 0.05) is 5.56 Å². The lowest BCUT2D eigenvalue weighted by atomic mass is 9.80. The topological polar surface area (TPSA) is 37.3 Å². The van der Waals surface area contributed by atoms with Gasteiger partial charge >= 0.3 is 0 Å². The number of Topliss-reactive ketones (excluding diaryl/α,β-unsaturated/α-hetero) is 1. The van der Waals surface area contributed by atoms with Crippen molar-refractivity contribution in [3.63, 3.8) is 0 Å². The van der Waals surface area contributed by atoms with E-state index in [1.807, 2.05) is 12.1 Å². The molecule has 1 unspecified atom stereocenters. The molecule has 0 saturated heterocycles. The van der Waals surface area contributed by atoms with Crippen molar-refractivity contribution in [2.24, 2.45) is 0 Å². The fourth-order valence-corrected chi connectivity index (χ4v) is 4.00. The van der Waals surface area contributed by atoms with Crippen molar-refractivity contribution in [2.75, 3.05) is 0 Å². The van der Waals surface area contributed by atoms with Crippen LogP contribution in [-0.4, -0.2) is 10.9 Å². The molecule has 0 aliphatic carbocycles. The van der Waals surface area contributed by atoms with Crippen LogP contribution in [0.4, 0.5) is 0 Å². The normalized spacial score (nSPS) is 13.2. The molecule has 2 heteroatoms. The number of hydrogen-bond donors (Lipinski definition) is 1.